The molecule has 120 valence electrons. The summed E-state index contributed by atoms with van der Waals surface area (Å²) in [5.74, 6) is 1.54. The van der Waals surface area contributed by atoms with E-state index in [0.29, 0.717) is 30.8 Å². The van der Waals surface area contributed by atoms with Crippen LogP contribution in [-0.4, -0.2) is 43.3 Å². The van der Waals surface area contributed by atoms with Crippen molar-refractivity contribution in [1.82, 2.24) is 4.90 Å². The third kappa shape index (κ3) is 3.96. The number of carbonyl (C=O) groups is 2. The highest BCUT2D eigenvalue weighted by molar-refractivity contribution is 5.73. The van der Waals surface area contributed by atoms with Crippen LogP contribution in [0.4, 0.5) is 0 Å². The number of esters is 1. The van der Waals surface area contributed by atoms with Gasteiger partial charge in [0.15, 0.2) is 0 Å². The molecule has 0 bridgehead atoms. The molecule has 5 nitrogen and oxygen atoms in total. The predicted octanol–water partition coefficient (Wildman–Crippen LogP) is 2.20. The minimum Gasteiger partial charge on any atom is -0.466 e. The highest BCUT2D eigenvalue weighted by atomic mass is 16.5. The van der Waals surface area contributed by atoms with Crippen LogP contribution in [0.3, 0.4) is 0 Å². The lowest BCUT2D eigenvalue weighted by Gasteiger charge is -2.46. The lowest BCUT2D eigenvalue weighted by molar-refractivity contribution is -0.154. The molecule has 0 spiro atoms. The molecule has 1 saturated carbocycles. The average Bonchev–Trinajstić information content (AvgIpc) is 2.45. The van der Waals surface area contributed by atoms with Crippen LogP contribution in [0.2, 0.25) is 0 Å². The predicted molar refractivity (Wildman–Crippen MR) is 78.4 cm³/mol. The van der Waals surface area contributed by atoms with Crippen molar-refractivity contribution < 1.29 is 19.1 Å². The van der Waals surface area contributed by atoms with E-state index in [9.17, 15) is 9.59 Å². The Morgan fingerprint density at radius 3 is 2.57 bits per heavy atom. The maximum atomic E-state index is 11.7. The molecule has 4 atom stereocenters. The fraction of sp³-hybridized carbons (Fsp3) is 0.875. The molecule has 0 aromatic carbocycles. The number of ether oxygens (including phenoxy) is 2. The molecule has 0 N–H and O–H groups in total. The molecule has 4 unspecified atom stereocenters. The first-order chi connectivity index (χ1) is 10.0. The minimum atomic E-state index is -0.106. The van der Waals surface area contributed by atoms with Gasteiger partial charge < -0.3 is 14.4 Å². The van der Waals surface area contributed by atoms with Crippen LogP contribution in [-0.2, 0) is 19.1 Å². The zero-order chi connectivity index (χ0) is 15.4. The van der Waals surface area contributed by atoms with Crippen LogP contribution in [0.15, 0.2) is 0 Å². The molecule has 1 aliphatic heterocycles. The molecule has 1 aliphatic carbocycles. The molecule has 1 saturated heterocycles. The molecule has 21 heavy (non-hydrogen) atoms. The van der Waals surface area contributed by atoms with E-state index in [2.05, 4.69) is 0 Å². The van der Waals surface area contributed by atoms with Crippen molar-refractivity contribution in [2.24, 2.45) is 17.8 Å². The largest absolute Gasteiger partial charge is 0.466 e. The van der Waals surface area contributed by atoms with Crippen LogP contribution in [0.1, 0.15) is 46.0 Å². The van der Waals surface area contributed by atoms with Crippen molar-refractivity contribution in [3.8, 4) is 0 Å². The molecule has 1 heterocycles. The Morgan fingerprint density at radius 1 is 1.19 bits per heavy atom. The first kappa shape index (κ1) is 16.3. The second-order valence-corrected chi connectivity index (χ2v) is 6.31. The van der Waals surface area contributed by atoms with Crippen LogP contribution < -0.4 is 0 Å². The highest BCUT2D eigenvalue weighted by Crippen LogP contribution is 2.42. The van der Waals surface area contributed by atoms with Gasteiger partial charge in [-0.3, -0.25) is 9.59 Å². The molecule has 0 aromatic rings. The Kier molecular flexibility index (Phi) is 5.62. The quantitative estimate of drug-likeness (QED) is 0.746. The van der Waals surface area contributed by atoms with Crippen molar-refractivity contribution in [2.75, 3.05) is 20.3 Å². The van der Waals surface area contributed by atoms with Crippen molar-refractivity contribution >= 4 is 11.9 Å². The molecule has 0 radical (unpaired) electrons. The van der Waals surface area contributed by atoms with E-state index in [1.807, 2.05) is 11.8 Å². The summed E-state index contributed by atoms with van der Waals surface area (Å²) in [5.41, 5.74) is 0. The van der Waals surface area contributed by atoms with E-state index < -0.39 is 0 Å². The maximum absolute atomic E-state index is 11.7. The van der Waals surface area contributed by atoms with E-state index >= 15 is 0 Å². The van der Waals surface area contributed by atoms with E-state index in [-0.39, 0.29) is 18.1 Å². The van der Waals surface area contributed by atoms with Gasteiger partial charge in [-0.2, -0.15) is 0 Å². The maximum Gasteiger partial charge on any atom is 0.306 e. The fourth-order valence-electron chi connectivity index (χ4n) is 3.91. The molecular formula is C16H27NO4. The van der Waals surface area contributed by atoms with Crippen LogP contribution >= 0.6 is 0 Å². The first-order valence-electron chi connectivity index (χ1n) is 8.00. The normalized spacial score (nSPS) is 32.4. The van der Waals surface area contributed by atoms with Crippen molar-refractivity contribution in [3.63, 3.8) is 0 Å². The van der Waals surface area contributed by atoms with E-state index in [4.69, 9.17) is 9.47 Å². The second kappa shape index (κ2) is 7.25. The van der Waals surface area contributed by atoms with Gasteiger partial charge in [0.1, 0.15) is 6.23 Å². The number of fused-ring (bicyclic) bond motifs is 1. The second-order valence-electron chi connectivity index (χ2n) is 6.31. The summed E-state index contributed by atoms with van der Waals surface area (Å²) in [6.45, 7) is 4.70. The van der Waals surface area contributed by atoms with Crippen molar-refractivity contribution in [3.05, 3.63) is 0 Å². The number of hydrogen-bond acceptors (Lipinski definition) is 4. The van der Waals surface area contributed by atoms with Crippen LogP contribution in [0, 0.1) is 17.8 Å². The number of nitrogens with zero attached hydrogens (tertiary/aromatic N) is 1. The van der Waals surface area contributed by atoms with Crippen molar-refractivity contribution in [2.45, 2.75) is 52.2 Å². The molecular weight excluding hydrogens is 270 g/mol. The summed E-state index contributed by atoms with van der Waals surface area (Å²) in [4.78, 5) is 25.2. The summed E-state index contributed by atoms with van der Waals surface area (Å²) in [6.07, 6.45) is 4.52. The Bertz CT molecular complexity index is 384. The number of carbonyl (C=O) groups excluding carboxylic acids is 2. The summed E-state index contributed by atoms with van der Waals surface area (Å²) in [5, 5.41) is 0. The molecule has 2 fully saturated rings. The van der Waals surface area contributed by atoms with E-state index in [0.717, 1.165) is 32.2 Å². The van der Waals surface area contributed by atoms with Crippen molar-refractivity contribution in [1.29, 1.82) is 0 Å². The third-order valence-electron chi connectivity index (χ3n) is 4.97. The monoisotopic (exact) mass is 297 g/mol. The molecule has 1 amide bonds. The van der Waals surface area contributed by atoms with Gasteiger partial charge >= 0.3 is 5.97 Å². The zero-order valence-electron chi connectivity index (χ0n) is 13.3. The van der Waals surface area contributed by atoms with Gasteiger partial charge in [0.05, 0.1) is 6.61 Å². The van der Waals surface area contributed by atoms with Gasteiger partial charge in [0.25, 0.3) is 0 Å². The van der Waals surface area contributed by atoms with Gasteiger partial charge in [-0.1, -0.05) is 0 Å². The lowest BCUT2D eigenvalue weighted by Crippen LogP contribution is -2.51. The number of piperidine rings is 1. The van der Waals surface area contributed by atoms with Crippen LogP contribution in [0.5, 0.6) is 0 Å². The van der Waals surface area contributed by atoms with E-state index in [1.165, 1.54) is 0 Å². The first-order valence-corrected chi connectivity index (χ1v) is 8.00. The number of amides is 1. The van der Waals surface area contributed by atoms with Gasteiger partial charge in [0.2, 0.25) is 5.91 Å². The Hall–Kier alpha value is -1.10. The fourth-order valence-corrected chi connectivity index (χ4v) is 3.91. The Balaban J connectivity index is 1.92. The topological polar surface area (TPSA) is 55.8 Å². The summed E-state index contributed by atoms with van der Waals surface area (Å²) >= 11 is 0. The summed E-state index contributed by atoms with van der Waals surface area (Å²) in [7, 11) is 1.67. The lowest BCUT2D eigenvalue weighted by atomic mass is 9.69. The SMILES string of the molecule is CCOC(=O)CC1CCC2CN(C(C)=O)C(OC)CC2C1. The Morgan fingerprint density at radius 2 is 1.95 bits per heavy atom. The van der Waals surface area contributed by atoms with Gasteiger partial charge in [-0.05, 0) is 50.4 Å². The molecule has 5 heteroatoms. The van der Waals surface area contributed by atoms with Gasteiger partial charge in [0, 0.05) is 27.0 Å². The smallest absolute Gasteiger partial charge is 0.306 e. The average molecular weight is 297 g/mol. The third-order valence-corrected chi connectivity index (χ3v) is 4.97. The zero-order valence-corrected chi connectivity index (χ0v) is 13.3. The summed E-state index contributed by atoms with van der Waals surface area (Å²) in [6, 6.07) is 0. The molecule has 2 aliphatic rings. The Labute approximate surface area is 127 Å². The molecule has 2 rings (SSSR count). The standard InChI is InChI=1S/C16H27NO4/c1-4-21-16(19)8-12-5-6-13-10-17(11(2)18)15(20-3)9-14(13)7-12/h12-15H,4-10H2,1-3H3. The van der Waals surface area contributed by atoms with Crippen LogP contribution in [0.25, 0.3) is 0 Å². The number of methoxy groups -OCH3 is 1. The summed E-state index contributed by atoms with van der Waals surface area (Å²) < 4.78 is 10.5. The van der Waals surface area contributed by atoms with E-state index in [1.54, 1.807) is 14.0 Å². The number of hydrogen-bond donors (Lipinski definition) is 0. The molecule has 0 aromatic heterocycles. The number of likely N-dealkylation sites (tertiary alicyclic amines) is 1. The van der Waals surface area contributed by atoms with Gasteiger partial charge in [-0.15, -0.1) is 0 Å². The van der Waals surface area contributed by atoms with Gasteiger partial charge in [-0.25, -0.2) is 0 Å². The number of rotatable bonds is 4. The minimum absolute atomic E-state index is 0.0783. The highest BCUT2D eigenvalue weighted by Gasteiger charge is 2.40.